The zero-order valence-electron chi connectivity index (χ0n) is 17.1. The van der Waals surface area contributed by atoms with Crippen LogP contribution in [-0.2, 0) is 14.6 Å². The van der Waals surface area contributed by atoms with Crippen molar-refractivity contribution in [3.8, 4) is 0 Å². The van der Waals surface area contributed by atoms with Gasteiger partial charge in [-0.2, -0.15) is 0 Å². The Labute approximate surface area is 169 Å². The maximum atomic E-state index is 11.8. The lowest BCUT2D eigenvalue weighted by Gasteiger charge is -2.45. The van der Waals surface area contributed by atoms with E-state index in [-0.39, 0.29) is 18.4 Å². The summed E-state index contributed by atoms with van der Waals surface area (Å²) < 4.78 is 29.3. The molecule has 0 spiro atoms. The molecule has 2 fully saturated rings. The van der Waals surface area contributed by atoms with Crippen molar-refractivity contribution in [3.63, 3.8) is 0 Å². The highest BCUT2D eigenvalue weighted by Crippen LogP contribution is 2.27. The number of methoxy groups -OCH3 is 1. The maximum absolute atomic E-state index is 11.8. The van der Waals surface area contributed by atoms with Gasteiger partial charge in [0.05, 0.1) is 17.1 Å². The molecule has 0 bridgehead atoms. The highest BCUT2D eigenvalue weighted by Gasteiger charge is 2.36. The lowest BCUT2D eigenvalue weighted by Crippen LogP contribution is -2.63. The van der Waals surface area contributed by atoms with Gasteiger partial charge in [-0.3, -0.25) is 10.2 Å². The van der Waals surface area contributed by atoms with E-state index in [1.54, 1.807) is 19.2 Å². The quantitative estimate of drug-likeness (QED) is 0.617. The zero-order valence-corrected chi connectivity index (χ0v) is 18.0. The van der Waals surface area contributed by atoms with Crippen LogP contribution in [0.5, 0.6) is 0 Å². The summed E-state index contributed by atoms with van der Waals surface area (Å²) in [5, 5.41) is 10.8. The van der Waals surface area contributed by atoms with E-state index < -0.39 is 9.84 Å². The monoisotopic (exact) mass is 410 g/mol. The van der Waals surface area contributed by atoms with Crippen molar-refractivity contribution in [1.29, 1.82) is 0 Å². The van der Waals surface area contributed by atoms with Crippen molar-refractivity contribution in [1.82, 2.24) is 20.9 Å². The number of likely N-dealkylation sites (N-methyl/N-ethyl adjacent to an activating group) is 1. The highest BCUT2D eigenvalue weighted by atomic mass is 32.2. The summed E-state index contributed by atoms with van der Waals surface area (Å²) >= 11 is 0. The molecule has 0 amide bonds. The predicted octanol–water partition coefficient (Wildman–Crippen LogP) is 0.944. The molecule has 158 valence electrons. The third kappa shape index (κ3) is 5.31. The van der Waals surface area contributed by atoms with Crippen LogP contribution in [0.4, 0.5) is 0 Å². The average Bonchev–Trinajstić information content (AvgIpc) is 2.71. The van der Waals surface area contributed by atoms with Gasteiger partial charge in [0, 0.05) is 19.9 Å². The molecule has 8 heteroatoms. The van der Waals surface area contributed by atoms with Crippen LogP contribution >= 0.6 is 0 Å². The summed E-state index contributed by atoms with van der Waals surface area (Å²) in [5.74, 6) is 0.714. The number of nitrogens with one attached hydrogen (secondary N) is 3. The SMILES string of the molecule is CCN1CC(NCC2CCNCC2)NC(c2ccc(S(C)(=O)=O)cc2)C1OC. The molecule has 2 aliphatic heterocycles. The fourth-order valence-electron chi connectivity index (χ4n) is 4.20. The molecular weight excluding hydrogens is 376 g/mol. The van der Waals surface area contributed by atoms with Crippen molar-refractivity contribution in [2.45, 2.75) is 43.1 Å². The number of piperazine rings is 1. The number of benzene rings is 1. The van der Waals surface area contributed by atoms with Gasteiger partial charge in [-0.15, -0.1) is 0 Å². The first kappa shape index (κ1) is 21.7. The molecule has 28 heavy (non-hydrogen) atoms. The van der Waals surface area contributed by atoms with E-state index in [2.05, 4.69) is 27.8 Å². The molecule has 3 atom stereocenters. The number of hydrogen-bond donors (Lipinski definition) is 3. The molecular formula is C20H34N4O3S. The molecule has 0 radical (unpaired) electrons. The Kier molecular flexibility index (Phi) is 7.47. The van der Waals surface area contributed by atoms with Gasteiger partial charge in [0.25, 0.3) is 0 Å². The Balaban J connectivity index is 1.72. The van der Waals surface area contributed by atoms with Crippen LogP contribution in [0.15, 0.2) is 29.2 Å². The van der Waals surface area contributed by atoms with Crippen LogP contribution in [0.25, 0.3) is 0 Å². The average molecular weight is 411 g/mol. The van der Waals surface area contributed by atoms with Gasteiger partial charge in [0.1, 0.15) is 6.23 Å². The van der Waals surface area contributed by atoms with Crippen molar-refractivity contribution in [3.05, 3.63) is 29.8 Å². The first-order chi connectivity index (χ1) is 13.4. The summed E-state index contributed by atoms with van der Waals surface area (Å²) in [5.41, 5.74) is 1.03. The van der Waals surface area contributed by atoms with Crippen LogP contribution in [0.2, 0.25) is 0 Å². The standard InChI is InChI=1S/C20H34N4O3S/c1-4-24-14-18(22-13-15-9-11-21-12-10-15)23-19(20(24)27-2)16-5-7-17(8-6-16)28(3,25)26/h5-8,15,18-23H,4,9-14H2,1-3H3. The predicted molar refractivity (Wildman–Crippen MR) is 111 cm³/mol. The van der Waals surface area contributed by atoms with Gasteiger partial charge < -0.3 is 15.4 Å². The Morgan fingerprint density at radius 3 is 2.46 bits per heavy atom. The van der Waals surface area contributed by atoms with Crippen molar-refractivity contribution in [2.75, 3.05) is 46.1 Å². The second-order valence-corrected chi connectivity index (χ2v) is 9.87. The van der Waals surface area contributed by atoms with Crippen LogP contribution < -0.4 is 16.0 Å². The second kappa shape index (κ2) is 9.65. The molecule has 2 aliphatic rings. The van der Waals surface area contributed by atoms with Gasteiger partial charge >= 0.3 is 0 Å². The van der Waals surface area contributed by atoms with Crippen molar-refractivity contribution < 1.29 is 13.2 Å². The topological polar surface area (TPSA) is 82.7 Å². The third-order valence-corrected chi connectivity index (χ3v) is 7.00. The number of rotatable bonds is 7. The maximum Gasteiger partial charge on any atom is 0.175 e. The Bertz CT molecular complexity index is 719. The fraction of sp³-hybridized carbons (Fsp3) is 0.700. The van der Waals surface area contributed by atoms with Crippen LogP contribution in [0.3, 0.4) is 0 Å². The number of sulfone groups is 1. The molecule has 3 unspecified atom stereocenters. The van der Waals surface area contributed by atoms with Gasteiger partial charge in [-0.1, -0.05) is 19.1 Å². The molecule has 3 N–H and O–H groups in total. The summed E-state index contributed by atoms with van der Waals surface area (Å²) in [4.78, 5) is 2.67. The van der Waals surface area contributed by atoms with Crippen molar-refractivity contribution in [2.24, 2.45) is 5.92 Å². The third-order valence-electron chi connectivity index (χ3n) is 5.87. The number of nitrogens with zero attached hydrogens (tertiary/aromatic N) is 1. The van der Waals surface area contributed by atoms with Crippen LogP contribution in [-0.4, -0.2) is 71.8 Å². The minimum Gasteiger partial charge on any atom is -0.364 e. The molecule has 0 saturated carbocycles. The van der Waals surface area contributed by atoms with Gasteiger partial charge in [0.15, 0.2) is 9.84 Å². The lowest BCUT2D eigenvalue weighted by atomic mass is 9.97. The van der Waals surface area contributed by atoms with Gasteiger partial charge in [-0.05, 0) is 62.6 Å². The van der Waals surface area contributed by atoms with E-state index in [1.165, 1.54) is 19.1 Å². The minimum atomic E-state index is -3.20. The lowest BCUT2D eigenvalue weighted by molar-refractivity contribution is -0.0874. The normalized spacial score (nSPS) is 27.8. The summed E-state index contributed by atoms with van der Waals surface area (Å²) in [6.07, 6.45) is 3.74. The summed E-state index contributed by atoms with van der Waals surface area (Å²) in [6.45, 7) is 7.13. The summed E-state index contributed by atoms with van der Waals surface area (Å²) in [7, 11) is -1.46. The first-order valence-electron chi connectivity index (χ1n) is 10.2. The molecule has 7 nitrogen and oxygen atoms in total. The molecule has 2 saturated heterocycles. The van der Waals surface area contributed by atoms with Gasteiger partial charge in [-0.25, -0.2) is 8.42 Å². The molecule has 0 aliphatic carbocycles. The van der Waals surface area contributed by atoms with Crippen molar-refractivity contribution >= 4 is 9.84 Å². The molecule has 0 aromatic heterocycles. The number of ether oxygens (including phenoxy) is 1. The van der Waals surface area contributed by atoms with E-state index >= 15 is 0 Å². The van der Waals surface area contributed by atoms with E-state index in [9.17, 15) is 8.42 Å². The zero-order chi connectivity index (χ0) is 20.1. The largest absolute Gasteiger partial charge is 0.364 e. The van der Waals surface area contributed by atoms with E-state index in [4.69, 9.17) is 4.74 Å². The van der Waals surface area contributed by atoms with Crippen LogP contribution in [0, 0.1) is 5.92 Å². The molecule has 3 rings (SSSR count). The van der Waals surface area contributed by atoms with E-state index in [0.717, 1.165) is 38.3 Å². The molecule has 2 heterocycles. The molecule has 1 aromatic carbocycles. The summed E-state index contributed by atoms with van der Waals surface area (Å²) in [6, 6.07) is 7.12. The Hall–Kier alpha value is -1.03. The fourth-order valence-corrected chi connectivity index (χ4v) is 4.83. The second-order valence-electron chi connectivity index (χ2n) is 7.85. The molecule has 1 aromatic rings. The van der Waals surface area contributed by atoms with E-state index in [0.29, 0.717) is 10.8 Å². The van der Waals surface area contributed by atoms with Crippen LogP contribution in [0.1, 0.15) is 31.4 Å². The Morgan fingerprint density at radius 2 is 1.89 bits per heavy atom. The number of piperidine rings is 1. The Morgan fingerprint density at radius 1 is 1.21 bits per heavy atom. The van der Waals surface area contributed by atoms with Gasteiger partial charge in [0.2, 0.25) is 0 Å². The number of hydrogen-bond acceptors (Lipinski definition) is 7. The minimum absolute atomic E-state index is 0.0298. The van der Waals surface area contributed by atoms with E-state index in [1.807, 2.05) is 12.1 Å². The highest BCUT2D eigenvalue weighted by molar-refractivity contribution is 7.90. The smallest absolute Gasteiger partial charge is 0.175 e. The first-order valence-corrected chi connectivity index (χ1v) is 12.1.